The van der Waals surface area contributed by atoms with Gasteiger partial charge in [-0.2, -0.15) is 13.2 Å². The number of rotatable bonds is 4. The fourth-order valence-electron chi connectivity index (χ4n) is 3.85. The highest BCUT2D eigenvalue weighted by molar-refractivity contribution is 6.42. The Morgan fingerprint density at radius 1 is 1.13 bits per heavy atom. The van der Waals surface area contributed by atoms with Crippen molar-refractivity contribution in [3.63, 3.8) is 0 Å². The van der Waals surface area contributed by atoms with Crippen LogP contribution in [0.5, 0.6) is 0 Å². The third-order valence-electron chi connectivity index (χ3n) is 5.44. The number of carbonyl (C=O) groups excluding carboxylic acids is 1. The molecule has 1 heterocycles. The zero-order chi connectivity index (χ0) is 22.2. The Morgan fingerprint density at radius 3 is 2.40 bits per heavy atom. The maximum Gasteiger partial charge on any atom is 0.419 e. The molecule has 162 valence electrons. The van der Waals surface area contributed by atoms with Crippen LogP contribution in [0.2, 0.25) is 10.0 Å². The number of hydrogen-bond donors (Lipinski definition) is 0. The van der Waals surface area contributed by atoms with E-state index in [1.165, 1.54) is 13.0 Å². The maximum atomic E-state index is 13.9. The molecule has 0 saturated carbocycles. The summed E-state index contributed by atoms with van der Waals surface area (Å²) < 4.78 is 52.3. The summed E-state index contributed by atoms with van der Waals surface area (Å²) in [5, 5.41) is 0.827. The summed E-state index contributed by atoms with van der Waals surface area (Å²) >= 11 is 12.2. The normalized spacial score (nSPS) is 19.6. The van der Waals surface area contributed by atoms with Gasteiger partial charge in [0.1, 0.15) is 5.82 Å². The molecule has 0 spiro atoms. The van der Waals surface area contributed by atoms with E-state index >= 15 is 0 Å². The summed E-state index contributed by atoms with van der Waals surface area (Å²) in [5.74, 6) is -1.45. The molecule has 1 fully saturated rings. The molecule has 1 saturated heterocycles. The van der Waals surface area contributed by atoms with E-state index in [9.17, 15) is 22.4 Å². The number of nitrogens with zero attached hydrogens (tertiary/aromatic N) is 2. The zero-order valence-corrected chi connectivity index (χ0v) is 17.8. The van der Waals surface area contributed by atoms with E-state index in [4.69, 9.17) is 23.2 Å². The molecule has 1 aliphatic rings. The lowest BCUT2D eigenvalue weighted by Gasteiger charge is -2.29. The Kier molecular flexibility index (Phi) is 6.65. The largest absolute Gasteiger partial charge is 0.419 e. The molecule has 9 heteroatoms. The van der Waals surface area contributed by atoms with Crippen LogP contribution >= 0.6 is 23.2 Å². The summed E-state index contributed by atoms with van der Waals surface area (Å²) in [6, 6.07) is 8.11. The van der Waals surface area contributed by atoms with Gasteiger partial charge in [-0.3, -0.25) is 9.69 Å². The van der Waals surface area contributed by atoms with Crippen molar-refractivity contribution in [3.8, 4) is 0 Å². The third-order valence-corrected chi connectivity index (χ3v) is 6.18. The topological polar surface area (TPSA) is 23.6 Å². The van der Waals surface area contributed by atoms with Crippen LogP contribution in [0.1, 0.15) is 29.5 Å². The smallest absolute Gasteiger partial charge is 0.341 e. The van der Waals surface area contributed by atoms with Gasteiger partial charge >= 0.3 is 6.18 Å². The Morgan fingerprint density at radius 2 is 1.83 bits per heavy atom. The van der Waals surface area contributed by atoms with Crippen molar-refractivity contribution in [3.05, 3.63) is 69.0 Å². The molecule has 2 aromatic carbocycles. The van der Waals surface area contributed by atoms with Gasteiger partial charge in [0.25, 0.3) is 0 Å². The molecule has 1 amide bonds. The van der Waals surface area contributed by atoms with Crippen LogP contribution in [-0.4, -0.2) is 41.9 Å². The number of likely N-dealkylation sites (N-methyl/N-ethyl adjacent to an activating group) is 1. The van der Waals surface area contributed by atoms with E-state index in [1.54, 1.807) is 24.1 Å². The number of carbonyl (C=O) groups is 1. The molecule has 0 aromatic heterocycles. The van der Waals surface area contributed by atoms with Gasteiger partial charge < -0.3 is 4.90 Å². The molecule has 2 atom stereocenters. The van der Waals surface area contributed by atoms with Crippen molar-refractivity contribution in [1.29, 1.82) is 0 Å². The molecule has 2 aromatic rings. The first-order valence-electron chi connectivity index (χ1n) is 9.23. The van der Waals surface area contributed by atoms with Gasteiger partial charge in [0.2, 0.25) is 5.91 Å². The van der Waals surface area contributed by atoms with Crippen LogP contribution in [0.4, 0.5) is 17.6 Å². The predicted molar refractivity (Wildman–Crippen MR) is 108 cm³/mol. The molecule has 3 nitrogen and oxygen atoms in total. The number of alkyl halides is 3. The van der Waals surface area contributed by atoms with Gasteiger partial charge in [0.15, 0.2) is 0 Å². The number of halogens is 6. The van der Waals surface area contributed by atoms with Crippen molar-refractivity contribution in [2.45, 2.75) is 31.6 Å². The van der Waals surface area contributed by atoms with E-state index < -0.39 is 17.6 Å². The Bertz CT molecular complexity index is 951. The maximum absolute atomic E-state index is 13.9. The highest BCUT2D eigenvalue weighted by Crippen LogP contribution is 2.35. The minimum atomic E-state index is -4.74. The lowest BCUT2D eigenvalue weighted by atomic mass is 9.93. The number of benzene rings is 2. The van der Waals surface area contributed by atoms with Gasteiger partial charge in [-0.25, -0.2) is 4.39 Å². The van der Waals surface area contributed by atoms with Crippen LogP contribution in [0.3, 0.4) is 0 Å². The van der Waals surface area contributed by atoms with Crippen LogP contribution < -0.4 is 0 Å². The van der Waals surface area contributed by atoms with Crippen molar-refractivity contribution < 1.29 is 22.4 Å². The average Bonchev–Trinajstić information content (AvgIpc) is 3.09. The van der Waals surface area contributed by atoms with E-state index in [-0.39, 0.29) is 24.4 Å². The standard InChI is InChI=1S/C21H20Cl2F4N2O/c1-12(30)29-10-15(14-4-6-17(22)18(23)8-14)20(11-29)28(2)9-13-3-5-16(19(24)7-13)21(25,26)27/h3-8,15,20H,9-11H2,1-2H3/t15-,20?/m1/s1. The molecule has 1 unspecified atom stereocenters. The second kappa shape index (κ2) is 8.73. The summed E-state index contributed by atoms with van der Waals surface area (Å²) in [6.07, 6.45) is -4.74. The Balaban J connectivity index is 1.84. The number of hydrogen-bond acceptors (Lipinski definition) is 2. The third kappa shape index (κ3) is 4.90. The van der Waals surface area contributed by atoms with Gasteiger partial charge in [0.05, 0.1) is 15.6 Å². The van der Waals surface area contributed by atoms with Crippen molar-refractivity contribution in [2.24, 2.45) is 0 Å². The van der Waals surface area contributed by atoms with Crippen molar-refractivity contribution in [1.82, 2.24) is 9.80 Å². The first-order valence-corrected chi connectivity index (χ1v) is 9.99. The molecule has 1 aliphatic heterocycles. The summed E-state index contributed by atoms with van der Waals surface area (Å²) in [5.41, 5.74) is 0.0342. The lowest BCUT2D eigenvalue weighted by molar-refractivity contribution is -0.140. The minimum Gasteiger partial charge on any atom is -0.341 e. The van der Waals surface area contributed by atoms with Gasteiger partial charge in [0, 0.05) is 38.5 Å². The van der Waals surface area contributed by atoms with Gasteiger partial charge in [-0.1, -0.05) is 35.3 Å². The van der Waals surface area contributed by atoms with Crippen molar-refractivity contribution >= 4 is 29.1 Å². The fraction of sp³-hybridized carbons (Fsp3) is 0.381. The number of amides is 1. The van der Waals surface area contributed by atoms with Gasteiger partial charge in [-0.05, 0) is 42.4 Å². The average molecular weight is 463 g/mol. The van der Waals surface area contributed by atoms with Crippen LogP contribution in [-0.2, 0) is 17.5 Å². The predicted octanol–water partition coefficient (Wildman–Crippen LogP) is 5.60. The molecule has 0 aliphatic carbocycles. The van der Waals surface area contributed by atoms with Crippen LogP contribution in [0, 0.1) is 5.82 Å². The molecular weight excluding hydrogens is 443 g/mol. The molecule has 0 bridgehead atoms. The molecular formula is C21H20Cl2F4N2O. The highest BCUT2D eigenvalue weighted by atomic mass is 35.5. The SMILES string of the molecule is CC(=O)N1CC(N(C)Cc2ccc(C(F)(F)F)c(F)c2)[C@@H](c2ccc(Cl)c(Cl)c2)C1. The second-order valence-electron chi connectivity index (χ2n) is 7.50. The van der Waals surface area contributed by atoms with E-state index in [0.29, 0.717) is 28.7 Å². The first-order chi connectivity index (χ1) is 14.0. The first kappa shape index (κ1) is 22.8. The van der Waals surface area contributed by atoms with Crippen LogP contribution in [0.25, 0.3) is 0 Å². The highest BCUT2D eigenvalue weighted by Gasteiger charge is 2.38. The summed E-state index contributed by atoms with van der Waals surface area (Å²) in [4.78, 5) is 15.6. The molecule has 30 heavy (non-hydrogen) atoms. The fourth-order valence-corrected chi connectivity index (χ4v) is 4.16. The zero-order valence-electron chi connectivity index (χ0n) is 16.3. The Labute approximate surface area is 182 Å². The van der Waals surface area contributed by atoms with Gasteiger partial charge in [-0.15, -0.1) is 0 Å². The second-order valence-corrected chi connectivity index (χ2v) is 8.31. The monoisotopic (exact) mass is 462 g/mol. The lowest BCUT2D eigenvalue weighted by Crippen LogP contribution is -2.37. The summed E-state index contributed by atoms with van der Waals surface area (Å²) in [7, 11) is 1.80. The summed E-state index contributed by atoms with van der Waals surface area (Å²) in [6.45, 7) is 2.63. The van der Waals surface area contributed by atoms with Crippen LogP contribution in [0.15, 0.2) is 36.4 Å². The Hall–Kier alpha value is -1.83. The number of likely N-dealkylation sites (tertiary alicyclic amines) is 1. The molecule has 0 N–H and O–H groups in total. The van der Waals surface area contributed by atoms with E-state index in [1.807, 2.05) is 11.0 Å². The molecule has 3 rings (SSSR count). The van der Waals surface area contributed by atoms with E-state index in [2.05, 4.69) is 0 Å². The molecule has 0 radical (unpaired) electrons. The minimum absolute atomic E-state index is 0.0727. The van der Waals surface area contributed by atoms with E-state index in [0.717, 1.165) is 17.7 Å². The van der Waals surface area contributed by atoms with Crippen molar-refractivity contribution in [2.75, 3.05) is 20.1 Å². The quantitative estimate of drug-likeness (QED) is 0.552.